The molecule has 0 spiro atoms. The number of nitrogens with one attached hydrogen (secondary N) is 1. The summed E-state index contributed by atoms with van der Waals surface area (Å²) in [5.41, 5.74) is 5.08. The molecule has 0 heterocycles. The van der Waals surface area contributed by atoms with Crippen molar-refractivity contribution in [3.63, 3.8) is 0 Å². The molecule has 0 saturated heterocycles. The van der Waals surface area contributed by atoms with E-state index in [1.54, 1.807) is 13.8 Å². The van der Waals surface area contributed by atoms with Gasteiger partial charge in [0.05, 0.1) is 18.9 Å². The van der Waals surface area contributed by atoms with Gasteiger partial charge in [0.25, 0.3) is 0 Å². The summed E-state index contributed by atoms with van der Waals surface area (Å²) in [5.74, 6) is -0.554. The van der Waals surface area contributed by atoms with Gasteiger partial charge < -0.3 is 15.2 Å². The molecule has 3 N–H and O–H groups in total. The van der Waals surface area contributed by atoms with Gasteiger partial charge >= 0.3 is 5.97 Å². The molecule has 0 bridgehead atoms. The van der Waals surface area contributed by atoms with Gasteiger partial charge in [-0.25, -0.2) is 13.1 Å². The number of sulfonamides is 1. The van der Waals surface area contributed by atoms with E-state index >= 15 is 0 Å². The lowest BCUT2D eigenvalue weighted by Crippen LogP contribution is -2.38. The van der Waals surface area contributed by atoms with Gasteiger partial charge in [0, 0.05) is 6.54 Å². The molecule has 0 aromatic carbocycles. The second-order valence-electron chi connectivity index (χ2n) is 3.81. The molecule has 0 amide bonds. The molecule has 0 aliphatic heterocycles. The van der Waals surface area contributed by atoms with Gasteiger partial charge in [-0.3, -0.25) is 4.79 Å². The number of rotatable bonds is 8. The summed E-state index contributed by atoms with van der Waals surface area (Å²) < 4.78 is 34.3. The van der Waals surface area contributed by atoms with E-state index in [-0.39, 0.29) is 25.8 Å². The number of hydrogen-bond donors (Lipinski definition) is 2. The van der Waals surface area contributed by atoms with Gasteiger partial charge in [0.1, 0.15) is 12.7 Å². The fraction of sp³-hybridized carbons (Fsp3) is 0.889. The third-order valence-corrected chi connectivity index (χ3v) is 2.33. The number of nitrogens with two attached hydrogens (primary N) is 1. The van der Waals surface area contributed by atoms with Crippen LogP contribution in [0.25, 0.3) is 0 Å². The molecule has 0 aliphatic carbocycles. The Morgan fingerprint density at radius 1 is 1.41 bits per heavy atom. The molecular weight excluding hydrogens is 248 g/mol. The number of carbonyl (C=O) groups excluding carboxylic acids is 1. The van der Waals surface area contributed by atoms with Crippen LogP contribution >= 0.6 is 0 Å². The van der Waals surface area contributed by atoms with Crippen LogP contribution in [-0.2, 0) is 24.3 Å². The highest BCUT2D eigenvalue weighted by Crippen LogP contribution is 1.99. The molecule has 7 nitrogen and oxygen atoms in total. The monoisotopic (exact) mass is 268 g/mol. The molecule has 0 unspecified atom stereocenters. The zero-order valence-corrected chi connectivity index (χ0v) is 11.1. The van der Waals surface area contributed by atoms with Crippen LogP contribution in [0.1, 0.15) is 13.8 Å². The molecule has 0 radical (unpaired) electrons. The van der Waals surface area contributed by atoms with E-state index in [0.717, 1.165) is 6.26 Å². The summed E-state index contributed by atoms with van der Waals surface area (Å²) in [4.78, 5) is 10.9. The van der Waals surface area contributed by atoms with Crippen molar-refractivity contribution >= 4 is 16.0 Å². The number of esters is 1. The topological polar surface area (TPSA) is 108 Å². The van der Waals surface area contributed by atoms with Gasteiger partial charge in [0.15, 0.2) is 0 Å². The second-order valence-corrected chi connectivity index (χ2v) is 5.65. The average molecular weight is 268 g/mol. The maximum absolute atomic E-state index is 10.9. The summed E-state index contributed by atoms with van der Waals surface area (Å²) in [6, 6.07) is 0. The normalized spacial score (nSPS) is 13.7. The lowest BCUT2D eigenvalue weighted by atomic mass is 10.3. The van der Waals surface area contributed by atoms with Crippen LogP contribution in [0.15, 0.2) is 0 Å². The van der Waals surface area contributed by atoms with E-state index in [2.05, 4.69) is 4.72 Å². The van der Waals surface area contributed by atoms with Gasteiger partial charge in [0.2, 0.25) is 10.0 Å². The van der Waals surface area contributed by atoms with E-state index < -0.39 is 22.1 Å². The van der Waals surface area contributed by atoms with Crippen LogP contribution in [0.4, 0.5) is 0 Å². The summed E-state index contributed by atoms with van der Waals surface area (Å²) in [6.45, 7) is 3.41. The van der Waals surface area contributed by atoms with Gasteiger partial charge in [-0.05, 0) is 13.8 Å². The van der Waals surface area contributed by atoms with Crippen molar-refractivity contribution in [1.29, 1.82) is 0 Å². The third-order valence-electron chi connectivity index (χ3n) is 1.63. The first-order chi connectivity index (χ1) is 7.74. The Morgan fingerprint density at radius 2 is 2.00 bits per heavy atom. The van der Waals surface area contributed by atoms with E-state index in [9.17, 15) is 13.2 Å². The molecular formula is C9H20N2O5S. The third kappa shape index (κ3) is 10.2. The predicted octanol–water partition coefficient (Wildman–Crippen LogP) is -1.17. The molecule has 0 aliphatic rings. The average Bonchev–Trinajstić information content (AvgIpc) is 2.19. The maximum Gasteiger partial charge on any atom is 0.319 e. The highest BCUT2D eigenvalue weighted by atomic mass is 32.2. The van der Waals surface area contributed by atoms with Crippen LogP contribution < -0.4 is 10.5 Å². The first-order valence-corrected chi connectivity index (χ1v) is 7.09. The van der Waals surface area contributed by atoms with Crippen molar-refractivity contribution in [2.24, 2.45) is 5.73 Å². The zero-order valence-electron chi connectivity index (χ0n) is 10.3. The number of ether oxygens (including phenoxy) is 2. The van der Waals surface area contributed by atoms with Crippen LogP contribution in [0.3, 0.4) is 0 Å². The van der Waals surface area contributed by atoms with Crippen LogP contribution in [-0.4, -0.2) is 52.5 Å². The second kappa shape index (κ2) is 7.59. The van der Waals surface area contributed by atoms with Crippen molar-refractivity contribution in [1.82, 2.24) is 4.72 Å². The smallest absolute Gasteiger partial charge is 0.319 e. The van der Waals surface area contributed by atoms with E-state index in [1.807, 2.05) is 0 Å². The van der Waals surface area contributed by atoms with Crippen molar-refractivity contribution in [2.45, 2.75) is 26.1 Å². The minimum absolute atomic E-state index is 0.0310. The first-order valence-electron chi connectivity index (χ1n) is 5.20. The molecule has 0 aromatic heterocycles. The Balaban J connectivity index is 4.18. The van der Waals surface area contributed by atoms with E-state index in [0.29, 0.717) is 0 Å². The summed E-state index contributed by atoms with van der Waals surface area (Å²) in [7, 11) is -3.29. The van der Waals surface area contributed by atoms with Gasteiger partial charge in [-0.1, -0.05) is 0 Å². The number of carbonyl (C=O) groups is 1. The Kier molecular flexibility index (Phi) is 7.28. The Bertz CT molecular complexity index is 328. The first kappa shape index (κ1) is 16.3. The largest absolute Gasteiger partial charge is 0.462 e. The molecule has 17 heavy (non-hydrogen) atoms. The van der Waals surface area contributed by atoms with Crippen molar-refractivity contribution < 1.29 is 22.7 Å². The fourth-order valence-electron chi connectivity index (χ4n) is 1.02. The highest BCUT2D eigenvalue weighted by molar-refractivity contribution is 7.88. The predicted molar refractivity (Wildman–Crippen MR) is 62.9 cm³/mol. The zero-order chi connectivity index (χ0) is 13.5. The summed E-state index contributed by atoms with van der Waals surface area (Å²) >= 11 is 0. The molecule has 0 fully saturated rings. The van der Waals surface area contributed by atoms with E-state index in [4.69, 9.17) is 15.2 Å². The Morgan fingerprint density at radius 3 is 2.41 bits per heavy atom. The SMILES string of the molecule is CC(C)O[C@@H](CNS(C)(=O)=O)COC(=O)CN. The Labute approximate surface area is 102 Å². The van der Waals surface area contributed by atoms with Crippen molar-refractivity contribution in [2.75, 3.05) is 26.0 Å². The van der Waals surface area contributed by atoms with Crippen molar-refractivity contribution in [3.05, 3.63) is 0 Å². The molecule has 1 atom stereocenters. The van der Waals surface area contributed by atoms with Crippen molar-refractivity contribution in [3.8, 4) is 0 Å². The highest BCUT2D eigenvalue weighted by Gasteiger charge is 2.15. The molecule has 8 heteroatoms. The standard InChI is InChI=1S/C9H20N2O5S/c1-7(2)16-8(5-11-17(3,13)14)6-15-9(12)4-10/h7-8,11H,4-6,10H2,1-3H3/t8-/m0/s1. The lowest BCUT2D eigenvalue weighted by Gasteiger charge is -2.20. The lowest BCUT2D eigenvalue weighted by molar-refractivity contribution is -0.147. The molecule has 0 saturated carbocycles. The fourth-order valence-corrected chi connectivity index (χ4v) is 1.51. The number of hydrogen-bond acceptors (Lipinski definition) is 6. The quantitative estimate of drug-likeness (QED) is 0.537. The maximum atomic E-state index is 10.9. The van der Waals surface area contributed by atoms with E-state index in [1.165, 1.54) is 0 Å². The summed E-state index contributed by atoms with van der Waals surface area (Å²) in [5, 5.41) is 0. The molecule has 0 aromatic rings. The van der Waals surface area contributed by atoms with Crippen LogP contribution in [0, 0.1) is 0 Å². The molecule has 0 rings (SSSR count). The minimum atomic E-state index is -3.29. The van der Waals surface area contributed by atoms with Gasteiger partial charge in [-0.2, -0.15) is 0 Å². The van der Waals surface area contributed by atoms with Crippen LogP contribution in [0.5, 0.6) is 0 Å². The summed E-state index contributed by atoms with van der Waals surface area (Å²) in [6.07, 6.45) is 0.420. The Hall–Kier alpha value is -0.700. The minimum Gasteiger partial charge on any atom is -0.462 e. The van der Waals surface area contributed by atoms with Crippen LogP contribution in [0.2, 0.25) is 0 Å². The van der Waals surface area contributed by atoms with Gasteiger partial charge in [-0.15, -0.1) is 0 Å². The molecule has 102 valence electrons.